The molecule has 5 heterocycles. The van der Waals surface area contributed by atoms with Crippen LogP contribution >= 0.6 is 0 Å². The molecule has 0 bridgehead atoms. The molecule has 1 saturated carbocycles. The molecule has 1 N–H and O–H groups in total. The zero-order chi connectivity index (χ0) is 33.7. The first kappa shape index (κ1) is 31.9. The number of likely N-dealkylation sites (tertiary alicyclic amines) is 1. The molecule has 10 nitrogen and oxygen atoms in total. The van der Waals surface area contributed by atoms with E-state index in [0.29, 0.717) is 56.2 Å². The van der Waals surface area contributed by atoms with E-state index >= 15 is 4.39 Å². The van der Waals surface area contributed by atoms with Crippen LogP contribution in [0.25, 0.3) is 32.9 Å². The van der Waals surface area contributed by atoms with Crippen molar-refractivity contribution in [2.45, 2.75) is 50.6 Å². The molecule has 0 spiro atoms. The van der Waals surface area contributed by atoms with Crippen LogP contribution in [0.15, 0.2) is 24.3 Å². The second-order valence-electron chi connectivity index (χ2n) is 13.5. The zero-order valence-corrected chi connectivity index (χ0v) is 27.5. The van der Waals surface area contributed by atoms with Gasteiger partial charge in [-0.1, -0.05) is 18.4 Å². The minimum absolute atomic E-state index is 0.0560. The number of nitrogens with zero attached hydrogens (tertiary/aromatic N) is 5. The number of benzene rings is 2. The standard InChI is InChI=1S/C37H39F2N5O5/c1-3-25-27(38)9-8-22-17-24(45)18-26(29(22)25)32-31(39)33-30(35(40-32)46-2)34(43-12-6-15-47-16-14-43)42-36(41-33)49-21-37-10-4-7-28(37)44(13-5-11-37)23-19-48-20-23/h1,8-9,17-18,23,28,45H,4-7,10-16,19-21H2,2H3/t28-,37-/m1/s1. The van der Waals surface area contributed by atoms with Crippen molar-refractivity contribution in [2.24, 2.45) is 5.41 Å². The van der Waals surface area contributed by atoms with E-state index in [1.807, 2.05) is 4.90 Å². The lowest BCUT2D eigenvalue weighted by atomic mass is 9.75. The van der Waals surface area contributed by atoms with Gasteiger partial charge in [0.1, 0.15) is 34.0 Å². The van der Waals surface area contributed by atoms with Gasteiger partial charge in [-0.25, -0.2) is 13.8 Å². The number of fused-ring (bicyclic) bond motifs is 3. The number of pyridine rings is 1. The molecule has 12 heteroatoms. The molecule has 256 valence electrons. The Balaban J connectivity index is 1.27. The summed E-state index contributed by atoms with van der Waals surface area (Å²) in [6.45, 7) is 5.21. The van der Waals surface area contributed by atoms with Gasteiger partial charge in [-0.3, -0.25) is 4.90 Å². The van der Waals surface area contributed by atoms with Crippen LogP contribution in [-0.2, 0) is 9.47 Å². The monoisotopic (exact) mass is 671 g/mol. The predicted octanol–water partition coefficient (Wildman–Crippen LogP) is 5.46. The van der Waals surface area contributed by atoms with Gasteiger partial charge >= 0.3 is 6.01 Å². The van der Waals surface area contributed by atoms with Crippen LogP contribution in [0.4, 0.5) is 14.6 Å². The third-order valence-corrected chi connectivity index (χ3v) is 10.8. The van der Waals surface area contributed by atoms with E-state index in [2.05, 4.69) is 15.8 Å². The number of phenolic OH excluding ortho intramolecular Hbond substituents is 1. The SMILES string of the molecule is C#Cc1c(F)ccc2cc(O)cc(-c3nc(OC)c4c(N5CCCOCC5)nc(OC[C@]56CCC[C@H]5N(C5COC5)CCC6)nc4c3F)c12. The Bertz CT molecular complexity index is 1960. The number of aromatic hydroxyl groups is 1. The molecule has 0 radical (unpaired) electrons. The Kier molecular flexibility index (Phi) is 8.38. The number of piperidine rings is 1. The van der Waals surface area contributed by atoms with Crippen molar-refractivity contribution in [3.8, 4) is 41.2 Å². The Morgan fingerprint density at radius 2 is 1.88 bits per heavy atom. The molecule has 0 amide bonds. The number of rotatable bonds is 7. The number of methoxy groups -OCH3 is 1. The maximum Gasteiger partial charge on any atom is 0.319 e. The molecule has 4 aromatic rings. The summed E-state index contributed by atoms with van der Waals surface area (Å²) in [5.74, 6) is 1.31. The maximum atomic E-state index is 17.1. The summed E-state index contributed by atoms with van der Waals surface area (Å²) in [6.07, 6.45) is 11.9. The topological polar surface area (TPSA) is 102 Å². The van der Waals surface area contributed by atoms with Crippen molar-refractivity contribution >= 4 is 27.5 Å². The van der Waals surface area contributed by atoms with Gasteiger partial charge in [-0.2, -0.15) is 9.97 Å². The lowest BCUT2D eigenvalue weighted by molar-refractivity contribution is -0.115. The summed E-state index contributed by atoms with van der Waals surface area (Å²) in [4.78, 5) is 18.8. The molecule has 3 saturated heterocycles. The Morgan fingerprint density at radius 1 is 1.02 bits per heavy atom. The van der Waals surface area contributed by atoms with Crippen LogP contribution in [0, 0.1) is 29.4 Å². The van der Waals surface area contributed by atoms with Gasteiger partial charge in [0.2, 0.25) is 5.88 Å². The van der Waals surface area contributed by atoms with E-state index in [-0.39, 0.29) is 56.2 Å². The third-order valence-electron chi connectivity index (χ3n) is 10.8. The highest BCUT2D eigenvalue weighted by Gasteiger charge is 2.51. The highest BCUT2D eigenvalue weighted by molar-refractivity contribution is 6.04. The summed E-state index contributed by atoms with van der Waals surface area (Å²) in [5, 5.41) is 11.6. The Labute approximate surface area is 283 Å². The van der Waals surface area contributed by atoms with Crippen LogP contribution in [0.1, 0.15) is 44.1 Å². The zero-order valence-electron chi connectivity index (χ0n) is 27.5. The summed E-state index contributed by atoms with van der Waals surface area (Å²) < 4.78 is 55.7. The van der Waals surface area contributed by atoms with Gasteiger partial charge in [0.15, 0.2) is 5.82 Å². The average Bonchev–Trinajstić information content (AvgIpc) is 3.33. The van der Waals surface area contributed by atoms with Crippen LogP contribution in [0.3, 0.4) is 0 Å². The molecule has 8 rings (SSSR count). The molecule has 3 aliphatic heterocycles. The van der Waals surface area contributed by atoms with E-state index in [9.17, 15) is 9.50 Å². The Hall–Kier alpha value is -4.31. The number of terminal acetylenes is 1. The molecule has 2 aromatic carbocycles. The lowest BCUT2D eigenvalue weighted by Gasteiger charge is -2.51. The van der Waals surface area contributed by atoms with Crippen LogP contribution in [0.2, 0.25) is 0 Å². The molecule has 2 atom stereocenters. The quantitative estimate of drug-likeness (QED) is 0.255. The second kappa shape index (κ2) is 12.9. The molecule has 4 fully saturated rings. The molecule has 49 heavy (non-hydrogen) atoms. The van der Waals surface area contributed by atoms with Gasteiger partial charge in [-0.05, 0) is 62.2 Å². The fourth-order valence-electron chi connectivity index (χ4n) is 8.43. The first-order valence-electron chi connectivity index (χ1n) is 17.1. The van der Waals surface area contributed by atoms with Crippen LogP contribution in [0.5, 0.6) is 17.6 Å². The van der Waals surface area contributed by atoms with Crippen LogP contribution in [-0.4, -0.2) is 96.8 Å². The molecule has 2 aromatic heterocycles. The highest BCUT2D eigenvalue weighted by atomic mass is 19.1. The largest absolute Gasteiger partial charge is 0.508 e. The van der Waals surface area contributed by atoms with Gasteiger partial charge < -0.3 is 29.0 Å². The Morgan fingerprint density at radius 3 is 2.67 bits per heavy atom. The second-order valence-corrected chi connectivity index (χ2v) is 13.5. The maximum absolute atomic E-state index is 17.1. The number of anilines is 1. The fraction of sp³-hybridized carbons (Fsp3) is 0.486. The number of ether oxygens (including phenoxy) is 4. The average molecular weight is 672 g/mol. The first-order valence-corrected chi connectivity index (χ1v) is 17.1. The summed E-state index contributed by atoms with van der Waals surface area (Å²) in [6, 6.07) is 6.37. The van der Waals surface area contributed by atoms with E-state index in [1.165, 1.54) is 31.4 Å². The minimum atomic E-state index is -0.791. The summed E-state index contributed by atoms with van der Waals surface area (Å²) >= 11 is 0. The van der Waals surface area contributed by atoms with E-state index in [4.69, 9.17) is 35.3 Å². The number of hydrogen-bond donors (Lipinski definition) is 1. The summed E-state index contributed by atoms with van der Waals surface area (Å²) in [5.41, 5.74) is -0.258. The predicted molar refractivity (Wildman–Crippen MR) is 180 cm³/mol. The number of aromatic nitrogens is 3. The van der Waals surface area contributed by atoms with E-state index in [1.54, 1.807) is 0 Å². The van der Waals surface area contributed by atoms with Crippen LogP contribution < -0.4 is 14.4 Å². The van der Waals surface area contributed by atoms with Crippen molar-refractivity contribution in [2.75, 3.05) is 64.7 Å². The fourth-order valence-corrected chi connectivity index (χ4v) is 8.43. The smallest absolute Gasteiger partial charge is 0.319 e. The molecular formula is C37H39F2N5O5. The number of hydrogen-bond acceptors (Lipinski definition) is 10. The first-order chi connectivity index (χ1) is 23.9. The van der Waals surface area contributed by atoms with Gasteiger partial charge in [-0.15, -0.1) is 6.42 Å². The van der Waals surface area contributed by atoms with Crippen molar-refractivity contribution < 1.29 is 32.8 Å². The van der Waals surface area contributed by atoms with Crippen molar-refractivity contribution in [3.05, 3.63) is 41.5 Å². The molecule has 1 aliphatic carbocycles. The number of halogens is 2. The van der Waals surface area contributed by atoms with Gasteiger partial charge in [0, 0.05) is 42.1 Å². The lowest BCUT2D eigenvalue weighted by Crippen LogP contribution is -2.60. The third kappa shape index (κ3) is 5.48. The van der Waals surface area contributed by atoms with Gasteiger partial charge in [0.05, 0.1) is 45.1 Å². The van der Waals surface area contributed by atoms with Gasteiger partial charge in [0.25, 0.3) is 0 Å². The van der Waals surface area contributed by atoms with Crippen molar-refractivity contribution in [1.29, 1.82) is 0 Å². The molecule has 4 aliphatic rings. The molecule has 0 unspecified atom stereocenters. The summed E-state index contributed by atoms with van der Waals surface area (Å²) in [7, 11) is 1.44. The number of phenols is 1. The normalized spacial score (nSPS) is 23.2. The van der Waals surface area contributed by atoms with E-state index in [0.717, 1.165) is 58.3 Å². The highest BCUT2D eigenvalue weighted by Crippen LogP contribution is 2.49. The molecular weight excluding hydrogens is 632 g/mol. The van der Waals surface area contributed by atoms with E-state index < -0.39 is 11.6 Å². The van der Waals surface area contributed by atoms with Crippen molar-refractivity contribution in [1.82, 2.24) is 19.9 Å². The minimum Gasteiger partial charge on any atom is -0.508 e. The van der Waals surface area contributed by atoms with Crippen molar-refractivity contribution in [3.63, 3.8) is 0 Å².